The van der Waals surface area contributed by atoms with E-state index in [2.05, 4.69) is 10.1 Å². The Balaban J connectivity index is 1.71. The van der Waals surface area contributed by atoms with Crippen LogP contribution in [0.2, 0.25) is 0 Å². The molecule has 0 saturated heterocycles. The predicted octanol–water partition coefficient (Wildman–Crippen LogP) is 3.51. The number of furan rings is 1. The molecule has 0 radical (unpaired) electrons. The molecule has 2 aromatic heterocycles. The van der Waals surface area contributed by atoms with Gasteiger partial charge in [-0.05, 0) is 36.8 Å². The fourth-order valence-corrected chi connectivity index (χ4v) is 2.64. The molecule has 0 bridgehead atoms. The zero-order valence-electron chi connectivity index (χ0n) is 10.9. The maximum atomic E-state index is 5.79. The first-order valence-electron chi connectivity index (χ1n) is 6.08. The van der Waals surface area contributed by atoms with E-state index < -0.39 is 0 Å². The molecule has 0 aliphatic carbocycles. The van der Waals surface area contributed by atoms with Gasteiger partial charge < -0.3 is 14.7 Å². The van der Waals surface area contributed by atoms with Crippen molar-refractivity contribution in [1.82, 2.24) is 10.1 Å². The largest absolute Gasteiger partial charge is 0.459 e. The fourth-order valence-electron chi connectivity index (χ4n) is 1.73. The molecule has 0 saturated carbocycles. The Morgan fingerprint density at radius 1 is 1.30 bits per heavy atom. The van der Waals surface area contributed by atoms with Crippen molar-refractivity contribution in [2.24, 2.45) is 0 Å². The molecule has 5 nitrogen and oxygen atoms in total. The van der Waals surface area contributed by atoms with Crippen LogP contribution in [-0.2, 0) is 5.75 Å². The Labute approximate surface area is 120 Å². The number of nitrogens with two attached hydrogens (primary N) is 1. The van der Waals surface area contributed by atoms with Gasteiger partial charge in [-0.25, -0.2) is 0 Å². The third kappa shape index (κ3) is 2.70. The Bertz CT molecular complexity index is 707. The lowest BCUT2D eigenvalue weighted by Crippen LogP contribution is -1.89. The van der Waals surface area contributed by atoms with Crippen LogP contribution in [0, 0.1) is 6.92 Å². The highest BCUT2D eigenvalue weighted by molar-refractivity contribution is 7.98. The summed E-state index contributed by atoms with van der Waals surface area (Å²) in [6, 6.07) is 9.41. The molecular formula is C14H13N3O2S. The van der Waals surface area contributed by atoms with Crippen LogP contribution in [0.5, 0.6) is 0 Å². The van der Waals surface area contributed by atoms with E-state index in [1.807, 2.05) is 25.1 Å². The lowest BCUT2D eigenvalue weighted by molar-refractivity contribution is 0.411. The number of nitrogens with zero attached hydrogens (tertiary/aromatic N) is 2. The average molecular weight is 287 g/mol. The summed E-state index contributed by atoms with van der Waals surface area (Å²) < 4.78 is 10.4. The van der Waals surface area contributed by atoms with Crippen LogP contribution in [0.3, 0.4) is 0 Å². The summed E-state index contributed by atoms with van der Waals surface area (Å²) in [6.07, 6.45) is 1.57. The van der Waals surface area contributed by atoms with E-state index in [1.165, 1.54) is 5.56 Å². The first kappa shape index (κ1) is 12.8. The zero-order valence-corrected chi connectivity index (χ0v) is 11.7. The Morgan fingerprint density at radius 2 is 2.20 bits per heavy atom. The molecule has 0 spiro atoms. The lowest BCUT2D eigenvalue weighted by Gasteiger charge is -2.04. The van der Waals surface area contributed by atoms with Crippen LogP contribution in [0.1, 0.15) is 11.4 Å². The van der Waals surface area contributed by atoms with Gasteiger partial charge in [-0.15, -0.1) is 11.8 Å². The number of nitrogen functional groups attached to an aromatic ring is 1. The Hall–Kier alpha value is -2.21. The SMILES string of the molecule is Cc1ccc(N)cc1SCc1noc(-c2ccco2)n1. The number of anilines is 1. The van der Waals surface area contributed by atoms with Crippen LogP contribution in [0.15, 0.2) is 50.4 Å². The van der Waals surface area contributed by atoms with Crippen molar-refractivity contribution < 1.29 is 8.94 Å². The molecule has 0 fully saturated rings. The minimum atomic E-state index is 0.398. The fraction of sp³-hybridized carbons (Fsp3) is 0.143. The van der Waals surface area contributed by atoms with Gasteiger partial charge in [0.2, 0.25) is 0 Å². The maximum Gasteiger partial charge on any atom is 0.293 e. The van der Waals surface area contributed by atoms with Gasteiger partial charge in [0.15, 0.2) is 11.6 Å². The van der Waals surface area contributed by atoms with Crippen molar-refractivity contribution in [3.63, 3.8) is 0 Å². The van der Waals surface area contributed by atoms with Crippen molar-refractivity contribution in [3.8, 4) is 11.7 Å². The van der Waals surface area contributed by atoms with Crippen molar-refractivity contribution in [3.05, 3.63) is 48.0 Å². The van der Waals surface area contributed by atoms with Crippen LogP contribution >= 0.6 is 11.8 Å². The highest BCUT2D eigenvalue weighted by atomic mass is 32.2. The zero-order chi connectivity index (χ0) is 13.9. The quantitative estimate of drug-likeness (QED) is 0.584. The molecule has 1 aromatic carbocycles. The average Bonchev–Trinajstić information content (AvgIpc) is 3.09. The van der Waals surface area contributed by atoms with E-state index in [0.29, 0.717) is 23.2 Å². The van der Waals surface area contributed by atoms with Crippen LogP contribution < -0.4 is 5.73 Å². The summed E-state index contributed by atoms with van der Waals surface area (Å²) in [5.41, 5.74) is 7.72. The van der Waals surface area contributed by atoms with Crippen molar-refractivity contribution in [2.45, 2.75) is 17.6 Å². The molecule has 0 amide bonds. The third-order valence-electron chi connectivity index (χ3n) is 2.77. The molecule has 20 heavy (non-hydrogen) atoms. The van der Waals surface area contributed by atoms with E-state index in [4.69, 9.17) is 14.7 Å². The molecule has 0 aliphatic rings. The van der Waals surface area contributed by atoms with Gasteiger partial charge in [0, 0.05) is 10.6 Å². The Morgan fingerprint density at radius 3 is 3.00 bits per heavy atom. The number of rotatable bonds is 4. The molecule has 0 unspecified atom stereocenters. The van der Waals surface area contributed by atoms with Crippen LogP contribution in [0.25, 0.3) is 11.7 Å². The van der Waals surface area contributed by atoms with Crippen molar-refractivity contribution in [1.29, 1.82) is 0 Å². The predicted molar refractivity (Wildman–Crippen MR) is 77.2 cm³/mol. The number of benzene rings is 1. The van der Waals surface area contributed by atoms with Crippen molar-refractivity contribution >= 4 is 17.4 Å². The molecule has 3 rings (SSSR count). The molecular weight excluding hydrogens is 274 g/mol. The second-order valence-corrected chi connectivity index (χ2v) is 5.32. The second-order valence-electron chi connectivity index (χ2n) is 4.31. The summed E-state index contributed by atoms with van der Waals surface area (Å²) in [7, 11) is 0. The number of hydrogen-bond acceptors (Lipinski definition) is 6. The van der Waals surface area contributed by atoms with Gasteiger partial charge in [0.25, 0.3) is 5.89 Å². The number of aromatic nitrogens is 2. The number of hydrogen-bond donors (Lipinski definition) is 1. The maximum absolute atomic E-state index is 5.79. The van der Waals surface area contributed by atoms with Gasteiger partial charge in [-0.2, -0.15) is 4.98 Å². The van der Waals surface area contributed by atoms with E-state index in [9.17, 15) is 0 Å². The second kappa shape index (κ2) is 5.42. The third-order valence-corrected chi connectivity index (χ3v) is 3.92. The number of thioether (sulfide) groups is 1. The summed E-state index contributed by atoms with van der Waals surface area (Å²) in [5, 5.41) is 3.94. The van der Waals surface area contributed by atoms with E-state index >= 15 is 0 Å². The van der Waals surface area contributed by atoms with E-state index in [1.54, 1.807) is 30.2 Å². The summed E-state index contributed by atoms with van der Waals surface area (Å²) >= 11 is 1.63. The topological polar surface area (TPSA) is 78.1 Å². The van der Waals surface area contributed by atoms with Gasteiger partial charge >= 0.3 is 0 Å². The van der Waals surface area contributed by atoms with Gasteiger partial charge in [-0.3, -0.25) is 0 Å². The normalized spacial score (nSPS) is 10.8. The molecule has 2 N–H and O–H groups in total. The minimum Gasteiger partial charge on any atom is -0.459 e. The smallest absolute Gasteiger partial charge is 0.293 e. The lowest BCUT2D eigenvalue weighted by atomic mass is 10.2. The monoisotopic (exact) mass is 287 g/mol. The first-order valence-corrected chi connectivity index (χ1v) is 7.06. The summed E-state index contributed by atoms with van der Waals surface area (Å²) in [4.78, 5) is 5.42. The summed E-state index contributed by atoms with van der Waals surface area (Å²) in [5.74, 6) is 2.22. The standard InChI is InChI=1S/C14H13N3O2S/c1-9-4-5-10(15)7-12(9)20-8-13-16-14(19-17-13)11-3-2-6-18-11/h2-7H,8,15H2,1H3. The minimum absolute atomic E-state index is 0.398. The van der Waals surface area contributed by atoms with E-state index in [0.717, 1.165) is 10.6 Å². The van der Waals surface area contributed by atoms with Gasteiger partial charge in [0.05, 0.1) is 12.0 Å². The number of aryl methyl sites for hydroxylation is 1. The molecule has 0 aliphatic heterocycles. The molecule has 6 heteroatoms. The van der Waals surface area contributed by atoms with Gasteiger partial charge in [0.1, 0.15) is 0 Å². The molecule has 2 heterocycles. The van der Waals surface area contributed by atoms with Crippen LogP contribution in [-0.4, -0.2) is 10.1 Å². The Kier molecular flexibility index (Phi) is 3.47. The van der Waals surface area contributed by atoms with E-state index in [-0.39, 0.29) is 0 Å². The molecule has 0 atom stereocenters. The van der Waals surface area contributed by atoms with Crippen LogP contribution in [0.4, 0.5) is 5.69 Å². The first-order chi connectivity index (χ1) is 9.72. The summed E-state index contributed by atoms with van der Waals surface area (Å²) in [6.45, 7) is 2.05. The highest BCUT2D eigenvalue weighted by Crippen LogP contribution is 2.27. The molecule has 102 valence electrons. The van der Waals surface area contributed by atoms with Gasteiger partial charge in [-0.1, -0.05) is 11.2 Å². The van der Waals surface area contributed by atoms with Crippen molar-refractivity contribution in [2.75, 3.05) is 5.73 Å². The highest BCUT2D eigenvalue weighted by Gasteiger charge is 2.11. The molecule has 3 aromatic rings.